The summed E-state index contributed by atoms with van der Waals surface area (Å²) in [7, 11) is 1.45. The molecule has 78 valence electrons. The molecule has 1 aromatic carbocycles. The normalized spacial score (nSPS) is 8.93. The van der Waals surface area contributed by atoms with Gasteiger partial charge in [-0.15, -0.1) is 0 Å². The monoisotopic (exact) mass is 223 g/mol. The molecule has 4 nitrogen and oxygen atoms in total. The van der Waals surface area contributed by atoms with Gasteiger partial charge in [-0.25, -0.2) is 0 Å². The van der Waals surface area contributed by atoms with Crippen LogP contribution in [-0.4, -0.2) is 17.8 Å². The number of benzene rings is 1. The van der Waals surface area contributed by atoms with E-state index in [9.17, 15) is 10.1 Å². The molecule has 0 amide bonds. The Labute approximate surface area is 92.8 Å². The van der Waals surface area contributed by atoms with Crippen LogP contribution < -0.4 is 4.74 Å². The standard InChI is InChI=1S/C10H9NO3S/c1-14-10-6-2-5-9(11(12)13)8(10)4-3-7-15/h2,5-6,15H,7H2,1H3. The van der Waals surface area contributed by atoms with Crippen LogP contribution in [0.3, 0.4) is 0 Å². The van der Waals surface area contributed by atoms with E-state index in [0.29, 0.717) is 17.1 Å². The quantitative estimate of drug-likeness (QED) is 0.360. The molecule has 0 aliphatic heterocycles. The Bertz CT molecular complexity index is 434. The van der Waals surface area contributed by atoms with Gasteiger partial charge in [0.05, 0.1) is 17.8 Å². The molecule has 0 aromatic heterocycles. The molecular weight excluding hydrogens is 214 g/mol. The highest BCUT2D eigenvalue weighted by Crippen LogP contribution is 2.26. The van der Waals surface area contributed by atoms with Crippen LogP contribution in [-0.2, 0) is 0 Å². The van der Waals surface area contributed by atoms with Gasteiger partial charge >= 0.3 is 0 Å². The number of methoxy groups -OCH3 is 1. The molecule has 0 saturated carbocycles. The summed E-state index contributed by atoms with van der Waals surface area (Å²) < 4.78 is 5.00. The lowest BCUT2D eigenvalue weighted by Gasteiger charge is -2.02. The van der Waals surface area contributed by atoms with Crippen molar-refractivity contribution in [1.82, 2.24) is 0 Å². The third kappa shape index (κ3) is 2.64. The molecular formula is C10H9NO3S. The van der Waals surface area contributed by atoms with E-state index in [4.69, 9.17) is 4.74 Å². The second-order valence-corrected chi connectivity index (χ2v) is 2.89. The lowest BCUT2D eigenvalue weighted by atomic mass is 10.1. The number of hydrogen-bond acceptors (Lipinski definition) is 4. The van der Waals surface area contributed by atoms with E-state index in [2.05, 4.69) is 24.5 Å². The zero-order valence-corrected chi connectivity index (χ0v) is 8.95. The molecule has 0 aliphatic carbocycles. The molecule has 15 heavy (non-hydrogen) atoms. The fraction of sp³-hybridized carbons (Fsp3) is 0.200. The highest BCUT2D eigenvalue weighted by molar-refractivity contribution is 7.80. The third-order valence-electron chi connectivity index (χ3n) is 1.71. The second-order valence-electron chi connectivity index (χ2n) is 2.57. The van der Waals surface area contributed by atoms with E-state index < -0.39 is 4.92 Å². The number of nitro benzene ring substituents is 1. The predicted octanol–water partition coefficient (Wildman–Crippen LogP) is 1.88. The molecule has 0 atom stereocenters. The topological polar surface area (TPSA) is 52.4 Å². The van der Waals surface area contributed by atoms with Crippen LogP contribution in [0.4, 0.5) is 5.69 Å². The van der Waals surface area contributed by atoms with Gasteiger partial charge < -0.3 is 4.74 Å². The summed E-state index contributed by atoms with van der Waals surface area (Å²) in [5.41, 5.74) is 0.239. The maximum Gasteiger partial charge on any atom is 0.288 e. The van der Waals surface area contributed by atoms with Crippen LogP contribution in [0.25, 0.3) is 0 Å². The molecule has 0 N–H and O–H groups in total. The average molecular weight is 223 g/mol. The van der Waals surface area contributed by atoms with Crippen LogP contribution >= 0.6 is 12.6 Å². The molecule has 0 unspecified atom stereocenters. The molecule has 0 fully saturated rings. The van der Waals surface area contributed by atoms with Crippen LogP contribution in [0, 0.1) is 22.0 Å². The Morgan fingerprint density at radius 1 is 1.60 bits per heavy atom. The van der Waals surface area contributed by atoms with Crippen molar-refractivity contribution in [3.63, 3.8) is 0 Å². The highest BCUT2D eigenvalue weighted by atomic mass is 32.1. The molecule has 5 heteroatoms. The SMILES string of the molecule is COc1cccc([N+](=O)[O-])c1C#CCS. The van der Waals surface area contributed by atoms with Gasteiger partial charge in [-0.05, 0) is 6.07 Å². The summed E-state index contributed by atoms with van der Waals surface area (Å²) in [6, 6.07) is 4.59. The molecule has 0 heterocycles. The van der Waals surface area contributed by atoms with Gasteiger partial charge in [0, 0.05) is 6.07 Å². The largest absolute Gasteiger partial charge is 0.495 e. The fourth-order valence-corrected chi connectivity index (χ4v) is 1.17. The summed E-state index contributed by atoms with van der Waals surface area (Å²) >= 11 is 3.92. The summed E-state index contributed by atoms with van der Waals surface area (Å²) in [6.07, 6.45) is 0. The lowest BCUT2D eigenvalue weighted by molar-refractivity contribution is -0.385. The molecule has 1 aromatic rings. The molecule has 0 spiro atoms. The van der Waals surface area contributed by atoms with Crippen molar-refractivity contribution in [2.75, 3.05) is 12.9 Å². The second kappa shape index (κ2) is 5.27. The number of hydrogen-bond donors (Lipinski definition) is 1. The first kappa shape index (κ1) is 11.4. The van der Waals surface area contributed by atoms with E-state index in [1.807, 2.05) is 0 Å². The molecule has 0 saturated heterocycles. The van der Waals surface area contributed by atoms with E-state index in [-0.39, 0.29) is 5.69 Å². The Morgan fingerprint density at radius 2 is 2.33 bits per heavy atom. The van der Waals surface area contributed by atoms with Crippen molar-refractivity contribution < 1.29 is 9.66 Å². The Hall–Kier alpha value is -1.67. The number of nitrogens with zero attached hydrogens (tertiary/aromatic N) is 1. The Balaban J connectivity index is 3.33. The minimum atomic E-state index is -0.481. The van der Waals surface area contributed by atoms with Crippen molar-refractivity contribution in [2.45, 2.75) is 0 Å². The van der Waals surface area contributed by atoms with Crippen LogP contribution in [0.5, 0.6) is 5.75 Å². The Kier molecular flexibility index (Phi) is 4.01. The van der Waals surface area contributed by atoms with Gasteiger partial charge in [0.2, 0.25) is 0 Å². The van der Waals surface area contributed by atoms with Crippen molar-refractivity contribution in [2.24, 2.45) is 0 Å². The van der Waals surface area contributed by atoms with Crippen molar-refractivity contribution in [3.05, 3.63) is 33.9 Å². The van der Waals surface area contributed by atoms with Crippen LogP contribution in [0.15, 0.2) is 18.2 Å². The zero-order chi connectivity index (χ0) is 11.3. The van der Waals surface area contributed by atoms with Gasteiger partial charge in [-0.3, -0.25) is 10.1 Å². The van der Waals surface area contributed by atoms with Crippen molar-refractivity contribution >= 4 is 18.3 Å². The van der Waals surface area contributed by atoms with E-state index in [1.54, 1.807) is 12.1 Å². The molecule has 0 radical (unpaired) electrons. The first-order valence-electron chi connectivity index (χ1n) is 4.11. The molecule has 1 rings (SSSR count). The maximum atomic E-state index is 10.7. The summed E-state index contributed by atoms with van der Waals surface area (Å²) in [5, 5.41) is 10.7. The third-order valence-corrected chi connectivity index (χ3v) is 1.87. The van der Waals surface area contributed by atoms with Gasteiger partial charge in [0.25, 0.3) is 5.69 Å². The minimum Gasteiger partial charge on any atom is -0.495 e. The van der Waals surface area contributed by atoms with Gasteiger partial charge in [-0.1, -0.05) is 17.9 Å². The van der Waals surface area contributed by atoms with E-state index >= 15 is 0 Å². The van der Waals surface area contributed by atoms with Gasteiger partial charge in [0.15, 0.2) is 0 Å². The first-order chi connectivity index (χ1) is 7.20. The predicted molar refractivity (Wildman–Crippen MR) is 60.4 cm³/mol. The smallest absolute Gasteiger partial charge is 0.288 e. The van der Waals surface area contributed by atoms with Crippen LogP contribution in [0.2, 0.25) is 0 Å². The van der Waals surface area contributed by atoms with Crippen molar-refractivity contribution in [1.29, 1.82) is 0 Å². The highest BCUT2D eigenvalue weighted by Gasteiger charge is 2.15. The van der Waals surface area contributed by atoms with Crippen LogP contribution in [0.1, 0.15) is 5.56 Å². The summed E-state index contributed by atoms with van der Waals surface area (Å²) in [4.78, 5) is 10.2. The van der Waals surface area contributed by atoms with E-state index in [0.717, 1.165) is 0 Å². The maximum absolute atomic E-state index is 10.7. The number of ether oxygens (including phenoxy) is 1. The number of thiol groups is 1. The zero-order valence-electron chi connectivity index (χ0n) is 8.06. The minimum absolute atomic E-state index is 0.0522. The number of nitro groups is 1. The van der Waals surface area contributed by atoms with Crippen molar-refractivity contribution in [3.8, 4) is 17.6 Å². The first-order valence-corrected chi connectivity index (χ1v) is 4.75. The average Bonchev–Trinajstić information content (AvgIpc) is 2.25. The number of rotatable bonds is 2. The summed E-state index contributed by atoms with van der Waals surface area (Å²) in [5.74, 6) is 6.08. The lowest BCUT2D eigenvalue weighted by Crippen LogP contribution is -1.95. The fourth-order valence-electron chi connectivity index (χ4n) is 1.10. The van der Waals surface area contributed by atoms with Gasteiger partial charge in [-0.2, -0.15) is 12.6 Å². The summed E-state index contributed by atoms with van der Waals surface area (Å²) in [6.45, 7) is 0. The molecule has 0 aliphatic rings. The van der Waals surface area contributed by atoms with Gasteiger partial charge in [0.1, 0.15) is 11.3 Å². The Morgan fingerprint density at radius 3 is 2.87 bits per heavy atom. The van der Waals surface area contributed by atoms with E-state index in [1.165, 1.54) is 13.2 Å². The molecule has 0 bridgehead atoms.